The number of hydrazine groups is 1. The van der Waals surface area contributed by atoms with E-state index in [1.165, 1.54) is 25.9 Å². The van der Waals surface area contributed by atoms with Gasteiger partial charge in [-0.1, -0.05) is 0 Å². The van der Waals surface area contributed by atoms with Crippen LogP contribution < -0.4 is 11.3 Å². The van der Waals surface area contributed by atoms with Gasteiger partial charge in [0.2, 0.25) is 0 Å². The number of hydrogen-bond donors (Lipinski definition) is 2. The molecule has 3 N–H and O–H groups in total. The Morgan fingerprint density at radius 3 is 2.31 bits per heavy atom. The Morgan fingerprint density at radius 1 is 1.31 bits per heavy atom. The van der Waals surface area contributed by atoms with Gasteiger partial charge in [-0.25, -0.2) is 0 Å². The van der Waals surface area contributed by atoms with Crippen molar-refractivity contribution in [2.24, 2.45) is 5.84 Å². The monoisotopic (exact) mass is 229 g/mol. The van der Waals surface area contributed by atoms with Crippen LogP contribution in [0.5, 0.6) is 0 Å². The van der Waals surface area contributed by atoms with Crippen LogP contribution in [0.1, 0.15) is 40.5 Å². The Labute approximate surface area is 99.5 Å². The van der Waals surface area contributed by atoms with Crippen LogP contribution in [0.25, 0.3) is 0 Å². The van der Waals surface area contributed by atoms with Gasteiger partial charge in [0, 0.05) is 5.54 Å². The third-order valence-electron chi connectivity index (χ3n) is 3.57. The molecule has 0 radical (unpaired) electrons. The molecule has 0 spiro atoms. The van der Waals surface area contributed by atoms with Gasteiger partial charge in [-0.15, -0.1) is 0 Å². The first-order chi connectivity index (χ1) is 7.48. The highest BCUT2D eigenvalue weighted by Crippen LogP contribution is 2.24. The molecule has 0 aromatic carbocycles. The molecule has 96 valence electrons. The van der Waals surface area contributed by atoms with Crippen LogP contribution >= 0.6 is 0 Å². The maximum atomic E-state index is 5.67. The lowest BCUT2D eigenvalue weighted by atomic mass is 9.93. The van der Waals surface area contributed by atoms with Crippen molar-refractivity contribution in [2.75, 3.05) is 19.7 Å². The van der Waals surface area contributed by atoms with Crippen LogP contribution in [-0.4, -0.2) is 42.3 Å². The van der Waals surface area contributed by atoms with Crippen LogP contribution in [0.3, 0.4) is 0 Å². The molecule has 1 unspecified atom stereocenters. The minimum Gasteiger partial charge on any atom is -0.377 e. The van der Waals surface area contributed by atoms with Crippen molar-refractivity contribution < 1.29 is 4.74 Å². The van der Waals surface area contributed by atoms with Gasteiger partial charge >= 0.3 is 0 Å². The number of nitrogens with two attached hydrogens (primary N) is 1. The molecule has 1 atom stereocenters. The van der Waals surface area contributed by atoms with Gasteiger partial charge in [0.05, 0.1) is 18.8 Å². The van der Waals surface area contributed by atoms with Gasteiger partial charge in [-0.2, -0.15) is 0 Å². The topological polar surface area (TPSA) is 50.5 Å². The van der Waals surface area contributed by atoms with Gasteiger partial charge in [-0.05, 0) is 53.6 Å². The van der Waals surface area contributed by atoms with E-state index in [4.69, 9.17) is 10.6 Å². The second-order valence-corrected chi connectivity index (χ2v) is 5.45. The molecule has 1 aliphatic rings. The number of likely N-dealkylation sites (tertiary alicyclic amines) is 1. The lowest BCUT2D eigenvalue weighted by Crippen LogP contribution is -2.60. The van der Waals surface area contributed by atoms with Crippen LogP contribution in [0.4, 0.5) is 0 Å². The van der Waals surface area contributed by atoms with Crippen LogP contribution in [-0.2, 0) is 4.74 Å². The minimum atomic E-state index is 0.0557. The van der Waals surface area contributed by atoms with Crippen molar-refractivity contribution in [3.05, 3.63) is 0 Å². The smallest absolute Gasteiger partial charge is 0.0654 e. The van der Waals surface area contributed by atoms with Crippen molar-refractivity contribution in [2.45, 2.75) is 58.2 Å². The van der Waals surface area contributed by atoms with Gasteiger partial charge in [0.15, 0.2) is 0 Å². The first kappa shape index (κ1) is 13.9. The zero-order valence-electron chi connectivity index (χ0n) is 11.1. The maximum Gasteiger partial charge on any atom is 0.0654 e. The lowest BCUT2D eigenvalue weighted by Gasteiger charge is -2.41. The average molecular weight is 229 g/mol. The SMILES string of the molecule is CC(C)OCC(NN)C(C)(C)N1CCCC1. The highest BCUT2D eigenvalue weighted by atomic mass is 16.5. The fourth-order valence-electron chi connectivity index (χ4n) is 2.26. The quantitative estimate of drug-likeness (QED) is 0.529. The summed E-state index contributed by atoms with van der Waals surface area (Å²) in [6, 6.07) is 0.174. The summed E-state index contributed by atoms with van der Waals surface area (Å²) < 4.78 is 5.67. The zero-order chi connectivity index (χ0) is 12.2. The van der Waals surface area contributed by atoms with E-state index >= 15 is 0 Å². The van der Waals surface area contributed by atoms with Crippen molar-refractivity contribution in [3.63, 3.8) is 0 Å². The van der Waals surface area contributed by atoms with E-state index in [0.717, 1.165) is 0 Å². The van der Waals surface area contributed by atoms with E-state index < -0.39 is 0 Å². The summed E-state index contributed by atoms with van der Waals surface area (Å²) in [5, 5.41) is 0. The fraction of sp³-hybridized carbons (Fsp3) is 1.00. The van der Waals surface area contributed by atoms with E-state index in [-0.39, 0.29) is 17.7 Å². The number of nitrogens with one attached hydrogen (secondary N) is 1. The summed E-state index contributed by atoms with van der Waals surface area (Å²) in [5.74, 6) is 5.66. The number of rotatable bonds is 6. The van der Waals surface area contributed by atoms with E-state index in [9.17, 15) is 0 Å². The largest absolute Gasteiger partial charge is 0.377 e. The molecule has 1 aliphatic heterocycles. The normalized spacial score (nSPS) is 20.6. The third kappa shape index (κ3) is 3.42. The average Bonchev–Trinajstić information content (AvgIpc) is 2.70. The summed E-state index contributed by atoms with van der Waals surface area (Å²) in [4.78, 5) is 2.50. The molecule has 0 saturated carbocycles. The number of nitrogens with zero attached hydrogens (tertiary/aromatic N) is 1. The Morgan fingerprint density at radius 2 is 1.88 bits per heavy atom. The summed E-state index contributed by atoms with van der Waals surface area (Å²) in [6.45, 7) is 11.6. The molecule has 1 rings (SSSR count). The highest BCUT2D eigenvalue weighted by molar-refractivity contribution is 4.94. The molecule has 0 aromatic heterocycles. The second-order valence-electron chi connectivity index (χ2n) is 5.45. The Bertz CT molecular complexity index is 200. The Kier molecular flexibility index (Phi) is 5.18. The maximum absolute atomic E-state index is 5.67. The molecule has 1 fully saturated rings. The predicted octanol–water partition coefficient (Wildman–Crippen LogP) is 1.12. The molecule has 0 aromatic rings. The van der Waals surface area contributed by atoms with E-state index in [2.05, 4.69) is 38.0 Å². The van der Waals surface area contributed by atoms with E-state index in [0.29, 0.717) is 6.61 Å². The van der Waals surface area contributed by atoms with E-state index in [1.807, 2.05) is 0 Å². The molecule has 4 nitrogen and oxygen atoms in total. The van der Waals surface area contributed by atoms with Crippen molar-refractivity contribution in [1.29, 1.82) is 0 Å². The predicted molar refractivity (Wildman–Crippen MR) is 67.1 cm³/mol. The van der Waals surface area contributed by atoms with E-state index in [1.54, 1.807) is 0 Å². The first-order valence-corrected chi connectivity index (χ1v) is 6.31. The number of hydrogen-bond acceptors (Lipinski definition) is 4. The molecular weight excluding hydrogens is 202 g/mol. The molecule has 4 heteroatoms. The fourth-order valence-corrected chi connectivity index (χ4v) is 2.26. The second kappa shape index (κ2) is 5.96. The van der Waals surface area contributed by atoms with Crippen molar-refractivity contribution in [3.8, 4) is 0 Å². The first-order valence-electron chi connectivity index (χ1n) is 6.31. The molecule has 0 amide bonds. The molecule has 16 heavy (non-hydrogen) atoms. The molecular formula is C12H27N3O. The molecule has 1 heterocycles. The van der Waals surface area contributed by atoms with Gasteiger partial charge < -0.3 is 4.74 Å². The van der Waals surface area contributed by atoms with Crippen LogP contribution in [0, 0.1) is 0 Å². The Hall–Kier alpha value is -0.160. The standard InChI is InChI=1S/C12H27N3O/c1-10(2)16-9-11(14-13)12(3,4)15-7-5-6-8-15/h10-11,14H,5-9,13H2,1-4H3. The molecule has 0 aliphatic carbocycles. The summed E-state index contributed by atoms with van der Waals surface area (Å²) in [5.41, 5.74) is 2.96. The van der Waals surface area contributed by atoms with Gasteiger partial charge in [0.1, 0.15) is 0 Å². The van der Waals surface area contributed by atoms with Crippen molar-refractivity contribution >= 4 is 0 Å². The van der Waals surface area contributed by atoms with Gasteiger partial charge in [0.25, 0.3) is 0 Å². The highest BCUT2D eigenvalue weighted by Gasteiger charge is 2.36. The lowest BCUT2D eigenvalue weighted by molar-refractivity contribution is 0.0114. The number of ether oxygens (including phenoxy) is 1. The zero-order valence-corrected chi connectivity index (χ0v) is 11.1. The summed E-state index contributed by atoms with van der Waals surface area (Å²) in [6.07, 6.45) is 2.85. The molecule has 0 bridgehead atoms. The van der Waals surface area contributed by atoms with Crippen LogP contribution in [0.15, 0.2) is 0 Å². The van der Waals surface area contributed by atoms with Gasteiger partial charge in [-0.3, -0.25) is 16.2 Å². The summed E-state index contributed by atoms with van der Waals surface area (Å²) >= 11 is 0. The third-order valence-corrected chi connectivity index (χ3v) is 3.57. The Balaban J connectivity index is 2.54. The minimum absolute atomic E-state index is 0.0557. The van der Waals surface area contributed by atoms with Crippen LogP contribution in [0.2, 0.25) is 0 Å². The molecule has 1 saturated heterocycles. The van der Waals surface area contributed by atoms with Crippen molar-refractivity contribution in [1.82, 2.24) is 10.3 Å². The summed E-state index contributed by atoms with van der Waals surface area (Å²) in [7, 11) is 0.